The zero-order valence-corrected chi connectivity index (χ0v) is 18.0. The van der Waals surface area contributed by atoms with Gasteiger partial charge in [-0.1, -0.05) is 19.8 Å². The summed E-state index contributed by atoms with van der Waals surface area (Å²) in [4.78, 5) is 39.4. The van der Waals surface area contributed by atoms with Gasteiger partial charge >= 0.3 is 0 Å². The number of piperidine rings is 1. The summed E-state index contributed by atoms with van der Waals surface area (Å²) in [6, 6.07) is 6.85. The van der Waals surface area contributed by atoms with Crippen LogP contribution in [0.4, 0.5) is 0 Å². The van der Waals surface area contributed by atoms with E-state index >= 15 is 0 Å². The normalized spacial score (nSPS) is 24.1. The van der Waals surface area contributed by atoms with Gasteiger partial charge in [-0.15, -0.1) is 0 Å². The first-order valence-corrected chi connectivity index (χ1v) is 11.0. The third-order valence-electron chi connectivity index (χ3n) is 6.21. The van der Waals surface area contributed by atoms with Gasteiger partial charge < -0.3 is 20.3 Å². The quantitative estimate of drug-likeness (QED) is 0.747. The zero-order valence-electron chi connectivity index (χ0n) is 18.0. The molecular formula is C23H33N3O4. The molecule has 0 aromatic heterocycles. The van der Waals surface area contributed by atoms with E-state index in [0.29, 0.717) is 24.3 Å². The average Bonchev–Trinajstić information content (AvgIpc) is 2.79. The highest BCUT2D eigenvalue weighted by molar-refractivity contribution is 5.94. The lowest BCUT2D eigenvalue weighted by Gasteiger charge is -2.36. The summed E-state index contributed by atoms with van der Waals surface area (Å²) in [6.45, 7) is 3.08. The molecule has 1 aromatic rings. The minimum Gasteiger partial charge on any atom is -0.497 e. The van der Waals surface area contributed by atoms with E-state index in [4.69, 9.17) is 4.74 Å². The fourth-order valence-electron chi connectivity index (χ4n) is 4.41. The molecular weight excluding hydrogens is 382 g/mol. The Morgan fingerprint density at radius 3 is 2.30 bits per heavy atom. The summed E-state index contributed by atoms with van der Waals surface area (Å²) in [5.74, 6) is 0.502. The van der Waals surface area contributed by atoms with E-state index in [-0.39, 0.29) is 35.7 Å². The molecule has 0 spiro atoms. The molecule has 2 N–H and O–H groups in total. The van der Waals surface area contributed by atoms with Crippen LogP contribution in [0, 0.1) is 5.92 Å². The minimum absolute atomic E-state index is 0.000741. The number of benzene rings is 1. The number of hydrogen-bond acceptors (Lipinski definition) is 4. The Hall–Kier alpha value is -2.57. The second-order valence-electron chi connectivity index (χ2n) is 8.24. The van der Waals surface area contributed by atoms with E-state index in [1.165, 1.54) is 0 Å². The highest BCUT2D eigenvalue weighted by Crippen LogP contribution is 2.22. The second-order valence-corrected chi connectivity index (χ2v) is 8.24. The standard InChI is InChI=1S/C23H33N3O4/c1-3-21(27)26-14-6-7-17(15-26)23(29)25-20-9-5-4-8-19(20)24-22(28)16-10-12-18(30-2)13-11-16/h10-13,17,19-20H,3-9,14-15H2,1-2H3,(H,24,28)(H,25,29)/t17?,19-,20-/m1/s1. The van der Waals surface area contributed by atoms with Crippen molar-refractivity contribution in [3.05, 3.63) is 29.8 Å². The van der Waals surface area contributed by atoms with Crippen molar-refractivity contribution in [1.29, 1.82) is 0 Å². The topological polar surface area (TPSA) is 87.7 Å². The summed E-state index contributed by atoms with van der Waals surface area (Å²) in [5, 5.41) is 6.29. The van der Waals surface area contributed by atoms with Crippen LogP contribution in [0.1, 0.15) is 62.2 Å². The molecule has 2 aliphatic rings. The van der Waals surface area contributed by atoms with Crippen molar-refractivity contribution in [3.8, 4) is 5.75 Å². The molecule has 7 nitrogen and oxygen atoms in total. The molecule has 1 aliphatic carbocycles. The van der Waals surface area contributed by atoms with Crippen LogP contribution in [-0.2, 0) is 9.59 Å². The van der Waals surface area contributed by atoms with Crippen molar-refractivity contribution < 1.29 is 19.1 Å². The van der Waals surface area contributed by atoms with Gasteiger partial charge in [-0.3, -0.25) is 14.4 Å². The van der Waals surface area contributed by atoms with Crippen LogP contribution < -0.4 is 15.4 Å². The van der Waals surface area contributed by atoms with Gasteiger partial charge in [0.15, 0.2) is 0 Å². The van der Waals surface area contributed by atoms with E-state index in [1.807, 2.05) is 6.92 Å². The monoisotopic (exact) mass is 415 g/mol. The molecule has 7 heteroatoms. The number of likely N-dealkylation sites (tertiary alicyclic amines) is 1. The van der Waals surface area contributed by atoms with E-state index in [2.05, 4.69) is 10.6 Å². The smallest absolute Gasteiger partial charge is 0.251 e. The van der Waals surface area contributed by atoms with Gasteiger partial charge in [-0.05, 0) is 49.9 Å². The van der Waals surface area contributed by atoms with Gasteiger partial charge in [-0.2, -0.15) is 0 Å². The maximum Gasteiger partial charge on any atom is 0.251 e. The molecule has 1 heterocycles. The van der Waals surface area contributed by atoms with Gasteiger partial charge in [0.05, 0.1) is 13.0 Å². The summed E-state index contributed by atoms with van der Waals surface area (Å²) >= 11 is 0. The van der Waals surface area contributed by atoms with Crippen molar-refractivity contribution in [2.45, 2.75) is 64.0 Å². The van der Waals surface area contributed by atoms with Crippen molar-refractivity contribution in [1.82, 2.24) is 15.5 Å². The predicted octanol–water partition coefficient (Wildman–Crippen LogP) is 2.50. The van der Waals surface area contributed by atoms with Crippen LogP contribution in [0.5, 0.6) is 5.75 Å². The molecule has 0 bridgehead atoms. The lowest BCUT2D eigenvalue weighted by Crippen LogP contribution is -2.55. The van der Waals surface area contributed by atoms with Crippen molar-refractivity contribution in [2.75, 3.05) is 20.2 Å². The van der Waals surface area contributed by atoms with E-state index in [1.54, 1.807) is 36.3 Å². The average molecular weight is 416 g/mol. The van der Waals surface area contributed by atoms with Crippen LogP contribution in [0.2, 0.25) is 0 Å². The third-order valence-corrected chi connectivity index (χ3v) is 6.21. The number of amides is 3. The summed E-state index contributed by atoms with van der Waals surface area (Å²) in [6.07, 6.45) is 5.88. The van der Waals surface area contributed by atoms with Crippen LogP contribution in [0.3, 0.4) is 0 Å². The van der Waals surface area contributed by atoms with Crippen molar-refractivity contribution >= 4 is 17.7 Å². The molecule has 30 heavy (non-hydrogen) atoms. The van der Waals surface area contributed by atoms with E-state index in [0.717, 1.165) is 45.1 Å². The number of nitrogens with zero attached hydrogens (tertiary/aromatic N) is 1. The van der Waals surface area contributed by atoms with Crippen LogP contribution in [0.15, 0.2) is 24.3 Å². The Morgan fingerprint density at radius 1 is 1.00 bits per heavy atom. The number of hydrogen-bond donors (Lipinski definition) is 2. The van der Waals surface area contributed by atoms with E-state index in [9.17, 15) is 14.4 Å². The zero-order chi connectivity index (χ0) is 21.5. The number of methoxy groups -OCH3 is 1. The minimum atomic E-state index is -0.172. The molecule has 1 unspecified atom stereocenters. The van der Waals surface area contributed by atoms with Gasteiger partial charge in [0.25, 0.3) is 5.91 Å². The highest BCUT2D eigenvalue weighted by Gasteiger charge is 2.32. The Morgan fingerprint density at radius 2 is 1.67 bits per heavy atom. The lowest BCUT2D eigenvalue weighted by molar-refractivity contribution is -0.135. The number of carbonyl (C=O) groups excluding carboxylic acids is 3. The first-order valence-electron chi connectivity index (χ1n) is 11.0. The first-order chi connectivity index (χ1) is 14.5. The van der Waals surface area contributed by atoms with Crippen LogP contribution in [-0.4, -0.2) is 54.9 Å². The second kappa shape index (κ2) is 10.5. The molecule has 3 rings (SSSR count). The molecule has 3 amide bonds. The number of rotatable bonds is 6. The van der Waals surface area contributed by atoms with Gasteiger partial charge in [0, 0.05) is 37.2 Å². The molecule has 3 atom stereocenters. The predicted molar refractivity (Wildman–Crippen MR) is 114 cm³/mol. The van der Waals surface area contributed by atoms with Crippen LogP contribution >= 0.6 is 0 Å². The highest BCUT2D eigenvalue weighted by atomic mass is 16.5. The molecule has 1 aliphatic heterocycles. The maximum atomic E-state index is 12.9. The molecule has 164 valence electrons. The van der Waals surface area contributed by atoms with Crippen molar-refractivity contribution in [2.24, 2.45) is 5.92 Å². The van der Waals surface area contributed by atoms with Gasteiger partial charge in [-0.25, -0.2) is 0 Å². The third kappa shape index (κ3) is 5.52. The summed E-state index contributed by atoms with van der Waals surface area (Å²) in [7, 11) is 1.59. The van der Waals surface area contributed by atoms with Crippen LogP contribution in [0.25, 0.3) is 0 Å². The number of carbonyl (C=O) groups is 3. The van der Waals surface area contributed by atoms with Gasteiger partial charge in [0.1, 0.15) is 5.75 Å². The Kier molecular flexibility index (Phi) is 7.71. The fourth-order valence-corrected chi connectivity index (χ4v) is 4.41. The summed E-state index contributed by atoms with van der Waals surface area (Å²) in [5.41, 5.74) is 0.576. The van der Waals surface area contributed by atoms with Crippen molar-refractivity contribution in [3.63, 3.8) is 0 Å². The fraction of sp³-hybridized carbons (Fsp3) is 0.609. The number of nitrogens with one attached hydrogen (secondary N) is 2. The molecule has 0 radical (unpaired) electrons. The van der Waals surface area contributed by atoms with E-state index < -0.39 is 0 Å². The first kappa shape index (κ1) is 22.1. The molecule has 1 aromatic carbocycles. The SMILES string of the molecule is CCC(=O)N1CCCC(C(=O)N[C@@H]2CCCC[C@H]2NC(=O)c2ccc(OC)cc2)C1. The lowest BCUT2D eigenvalue weighted by atomic mass is 9.88. The largest absolute Gasteiger partial charge is 0.497 e. The molecule has 1 saturated carbocycles. The molecule has 1 saturated heterocycles. The maximum absolute atomic E-state index is 12.9. The Balaban J connectivity index is 1.58. The Bertz CT molecular complexity index is 749. The molecule has 2 fully saturated rings. The summed E-state index contributed by atoms with van der Waals surface area (Å²) < 4.78 is 5.14. The van der Waals surface area contributed by atoms with Gasteiger partial charge in [0.2, 0.25) is 11.8 Å². The Labute approximate surface area is 178 Å². The number of ether oxygens (including phenoxy) is 1.